The summed E-state index contributed by atoms with van der Waals surface area (Å²) in [5.41, 5.74) is 11.6. The summed E-state index contributed by atoms with van der Waals surface area (Å²) in [4.78, 5) is 4.11. The molecule has 5 nitrogen and oxygen atoms in total. The summed E-state index contributed by atoms with van der Waals surface area (Å²) in [7, 11) is -0.757. The highest BCUT2D eigenvalue weighted by Crippen LogP contribution is 2.15. The first-order chi connectivity index (χ1) is 7.49. The number of pyridine rings is 1. The average Bonchev–Trinajstić information content (AvgIpc) is 2.21. The highest BCUT2D eigenvalue weighted by Gasteiger charge is 2.05. The molecular formula is C10H18N4OS. The third-order valence-electron chi connectivity index (χ3n) is 2.19. The molecule has 2 unspecified atom stereocenters. The van der Waals surface area contributed by atoms with E-state index in [4.69, 9.17) is 11.5 Å². The van der Waals surface area contributed by atoms with Crippen LogP contribution in [0.1, 0.15) is 13.3 Å². The van der Waals surface area contributed by atoms with Crippen molar-refractivity contribution in [1.82, 2.24) is 4.98 Å². The zero-order valence-corrected chi connectivity index (χ0v) is 10.4. The Balaban J connectivity index is 2.52. The largest absolute Gasteiger partial charge is 0.396 e. The van der Waals surface area contributed by atoms with E-state index in [-0.39, 0.29) is 6.04 Å². The highest BCUT2D eigenvalue weighted by molar-refractivity contribution is 7.84. The fraction of sp³-hybridized carbons (Fsp3) is 0.500. The van der Waals surface area contributed by atoms with Crippen molar-refractivity contribution in [2.75, 3.05) is 28.8 Å². The molecule has 0 aliphatic heterocycles. The number of rotatable bonds is 5. The summed E-state index contributed by atoms with van der Waals surface area (Å²) >= 11 is 0. The van der Waals surface area contributed by atoms with Crippen LogP contribution in [0.5, 0.6) is 0 Å². The Hall–Kier alpha value is -1.30. The van der Waals surface area contributed by atoms with E-state index in [1.54, 1.807) is 18.4 Å². The summed E-state index contributed by atoms with van der Waals surface area (Å²) in [6.07, 6.45) is 2.53. The van der Waals surface area contributed by atoms with Crippen LogP contribution in [0.4, 0.5) is 17.3 Å². The van der Waals surface area contributed by atoms with Gasteiger partial charge in [-0.2, -0.15) is 0 Å². The molecule has 5 N–H and O–H groups in total. The topological polar surface area (TPSA) is 94.0 Å². The van der Waals surface area contributed by atoms with Gasteiger partial charge < -0.3 is 16.8 Å². The molecule has 0 saturated heterocycles. The zero-order chi connectivity index (χ0) is 12.1. The molecular weight excluding hydrogens is 224 g/mol. The smallest absolute Gasteiger partial charge is 0.149 e. The van der Waals surface area contributed by atoms with Gasteiger partial charge in [-0.05, 0) is 25.5 Å². The molecule has 0 radical (unpaired) electrons. The van der Waals surface area contributed by atoms with Gasteiger partial charge in [0.1, 0.15) is 11.6 Å². The second kappa shape index (κ2) is 5.69. The molecule has 0 aliphatic rings. The van der Waals surface area contributed by atoms with Crippen LogP contribution in [0.15, 0.2) is 12.1 Å². The maximum absolute atomic E-state index is 10.9. The Morgan fingerprint density at radius 1 is 1.50 bits per heavy atom. The van der Waals surface area contributed by atoms with Gasteiger partial charge in [0.05, 0.1) is 5.69 Å². The van der Waals surface area contributed by atoms with Crippen molar-refractivity contribution < 1.29 is 4.21 Å². The monoisotopic (exact) mass is 242 g/mol. The summed E-state index contributed by atoms with van der Waals surface area (Å²) in [5, 5.41) is 3.18. The number of nitrogens with two attached hydrogens (primary N) is 2. The van der Waals surface area contributed by atoms with Crippen LogP contribution in [0.3, 0.4) is 0 Å². The first kappa shape index (κ1) is 12.8. The summed E-state index contributed by atoms with van der Waals surface area (Å²) in [6, 6.07) is 3.71. The van der Waals surface area contributed by atoms with Crippen molar-refractivity contribution in [1.29, 1.82) is 0 Å². The van der Waals surface area contributed by atoms with E-state index in [0.29, 0.717) is 23.1 Å². The Bertz CT molecular complexity index is 383. The van der Waals surface area contributed by atoms with E-state index in [0.717, 1.165) is 6.42 Å². The molecule has 1 aromatic rings. The van der Waals surface area contributed by atoms with Crippen LogP contribution in [0, 0.1) is 0 Å². The molecule has 1 rings (SSSR count). The van der Waals surface area contributed by atoms with Gasteiger partial charge >= 0.3 is 0 Å². The molecule has 1 heterocycles. The number of nitrogens with zero attached hydrogens (tertiary/aromatic N) is 1. The fourth-order valence-corrected chi connectivity index (χ4v) is 1.92. The van der Waals surface area contributed by atoms with Crippen LogP contribution in [-0.4, -0.2) is 27.2 Å². The van der Waals surface area contributed by atoms with Gasteiger partial charge in [-0.1, -0.05) is 0 Å². The molecule has 90 valence electrons. The van der Waals surface area contributed by atoms with E-state index in [1.807, 2.05) is 6.92 Å². The lowest BCUT2D eigenvalue weighted by atomic mass is 10.2. The Morgan fingerprint density at radius 2 is 2.19 bits per heavy atom. The minimum Gasteiger partial charge on any atom is -0.396 e. The van der Waals surface area contributed by atoms with Gasteiger partial charge in [0.25, 0.3) is 0 Å². The number of nitrogens with one attached hydrogen (secondary N) is 1. The summed E-state index contributed by atoms with van der Waals surface area (Å²) in [6.45, 7) is 2.01. The van der Waals surface area contributed by atoms with E-state index in [1.165, 1.54) is 0 Å². The number of nitrogen functional groups attached to an aromatic ring is 2. The molecule has 16 heavy (non-hydrogen) atoms. The molecule has 1 aromatic heterocycles. The predicted octanol–water partition coefficient (Wildman–Crippen LogP) is 0.815. The van der Waals surface area contributed by atoms with Crippen LogP contribution >= 0.6 is 0 Å². The van der Waals surface area contributed by atoms with Crippen molar-refractivity contribution in [3.05, 3.63) is 12.1 Å². The van der Waals surface area contributed by atoms with Gasteiger partial charge in [-0.15, -0.1) is 0 Å². The standard InChI is InChI=1S/C10H18N4OS/c1-7(5-6-16(2)15)13-9-4-3-8(11)10(12)14-9/h3-4,7H,5-6,11H2,1-2H3,(H3,12,13,14). The normalized spacial score (nSPS) is 14.4. The van der Waals surface area contributed by atoms with Crippen LogP contribution in [0.25, 0.3) is 0 Å². The number of hydrogen-bond acceptors (Lipinski definition) is 5. The van der Waals surface area contributed by atoms with Crippen molar-refractivity contribution in [3.8, 4) is 0 Å². The minimum absolute atomic E-state index is 0.208. The second-order valence-electron chi connectivity index (χ2n) is 3.78. The molecule has 0 fully saturated rings. The number of anilines is 3. The highest BCUT2D eigenvalue weighted by atomic mass is 32.2. The van der Waals surface area contributed by atoms with Gasteiger partial charge in [0, 0.05) is 28.9 Å². The van der Waals surface area contributed by atoms with Crippen molar-refractivity contribution in [3.63, 3.8) is 0 Å². The molecule has 0 bridgehead atoms. The van der Waals surface area contributed by atoms with E-state index < -0.39 is 10.8 Å². The lowest BCUT2D eigenvalue weighted by Crippen LogP contribution is -2.19. The van der Waals surface area contributed by atoms with Crippen LogP contribution < -0.4 is 16.8 Å². The SMILES string of the molecule is CC(CCS(C)=O)Nc1ccc(N)c(N)n1. The van der Waals surface area contributed by atoms with Crippen LogP contribution in [-0.2, 0) is 10.8 Å². The number of hydrogen-bond donors (Lipinski definition) is 3. The summed E-state index contributed by atoms with van der Waals surface area (Å²) < 4.78 is 10.9. The predicted molar refractivity (Wildman–Crippen MR) is 69.7 cm³/mol. The third kappa shape index (κ3) is 4.06. The van der Waals surface area contributed by atoms with Crippen molar-refractivity contribution in [2.45, 2.75) is 19.4 Å². The lowest BCUT2D eigenvalue weighted by Gasteiger charge is -2.14. The summed E-state index contributed by atoms with van der Waals surface area (Å²) in [5.74, 6) is 1.70. The Kier molecular flexibility index (Phi) is 4.54. The second-order valence-corrected chi connectivity index (χ2v) is 5.34. The maximum atomic E-state index is 10.9. The molecule has 0 aliphatic carbocycles. The molecule has 0 amide bonds. The molecule has 0 saturated carbocycles. The Labute approximate surface area is 98.1 Å². The Morgan fingerprint density at radius 3 is 2.75 bits per heavy atom. The molecule has 0 aromatic carbocycles. The number of aromatic nitrogens is 1. The first-order valence-electron chi connectivity index (χ1n) is 5.07. The van der Waals surface area contributed by atoms with E-state index in [2.05, 4.69) is 10.3 Å². The van der Waals surface area contributed by atoms with Gasteiger partial charge in [-0.25, -0.2) is 4.98 Å². The van der Waals surface area contributed by atoms with Gasteiger partial charge in [-0.3, -0.25) is 4.21 Å². The zero-order valence-electron chi connectivity index (χ0n) is 9.56. The fourth-order valence-electron chi connectivity index (χ4n) is 1.23. The average molecular weight is 242 g/mol. The molecule has 2 atom stereocenters. The molecule has 6 heteroatoms. The van der Waals surface area contributed by atoms with E-state index >= 15 is 0 Å². The van der Waals surface area contributed by atoms with Gasteiger partial charge in [0.2, 0.25) is 0 Å². The maximum Gasteiger partial charge on any atom is 0.149 e. The lowest BCUT2D eigenvalue weighted by molar-refractivity contribution is 0.678. The minimum atomic E-state index is -0.757. The van der Waals surface area contributed by atoms with Gasteiger partial charge in [0.15, 0.2) is 0 Å². The molecule has 0 spiro atoms. The first-order valence-corrected chi connectivity index (χ1v) is 6.80. The van der Waals surface area contributed by atoms with Crippen molar-refractivity contribution in [2.24, 2.45) is 0 Å². The van der Waals surface area contributed by atoms with Crippen LogP contribution in [0.2, 0.25) is 0 Å². The third-order valence-corrected chi connectivity index (χ3v) is 3.00. The van der Waals surface area contributed by atoms with E-state index in [9.17, 15) is 4.21 Å². The van der Waals surface area contributed by atoms with Crippen molar-refractivity contribution >= 4 is 28.1 Å². The quantitative estimate of drug-likeness (QED) is 0.710.